The molecule has 0 heterocycles. The van der Waals surface area contributed by atoms with Gasteiger partial charge >= 0.3 is 5.97 Å². The Labute approximate surface area is 75.2 Å². The second-order valence-corrected chi connectivity index (χ2v) is 8.36. The van der Waals surface area contributed by atoms with Gasteiger partial charge in [0.15, 0.2) is 8.32 Å². The van der Waals surface area contributed by atoms with Gasteiger partial charge < -0.3 is 9.16 Å². The average Bonchev–Trinajstić information content (AvgIpc) is 1.97. The van der Waals surface area contributed by atoms with Crippen molar-refractivity contribution in [2.45, 2.75) is 26.6 Å². The highest BCUT2D eigenvalue weighted by molar-refractivity contribution is 6.69. The molecule has 1 unspecified atom stereocenters. The van der Waals surface area contributed by atoms with Gasteiger partial charge in [-0.05, 0) is 26.6 Å². The van der Waals surface area contributed by atoms with Crippen molar-refractivity contribution in [2.75, 3.05) is 13.7 Å². The first-order valence-corrected chi connectivity index (χ1v) is 7.49. The van der Waals surface area contributed by atoms with Crippen molar-refractivity contribution in [3.05, 3.63) is 0 Å². The fourth-order valence-electron chi connectivity index (χ4n) is 0.644. The molecule has 72 valence electrons. The summed E-state index contributed by atoms with van der Waals surface area (Å²) in [7, 11) is -0.0902. The molecule has 0 aliphatic carbocycles. The van der Waals surface area contributed by atoms with Gasteiger partial charge in [0.2, 0.25) is 0 Å². The lowest BCUT2D eigenvalue weighted by atomic mass is 10.2. The van der Waals surface area contributed by atoms with Crippen LogP contribution in [0.2, 0.25) is 19.6 Å². The molecule has 0 saturated heterocycles. The summed E-state index contributed by atoms with van der Waals surface area (Å²) in [6.07, 6.45) is 0. The number of ether oxygens (including phenoxy) is 1. The Morgan fingerprint density at radius 1 is 1.42 bits per heavy atom. The zero-order chi connectivity index (χ0) is 9.78. The van der Waals surface area contributed by atoms with Crippen LogP contribution in [0.3, 0.4) is 0 Å². The fourth-order valence-corrected chi connectivity index (χ4v) is 1.39. The first kappa shape index (κ1) is 11.6. The van der Waals surface area contributed by atoms with Gasteiger partial charge in [0, 0.05) is 6.61 Å². The molecule has 3 nitrogen and oxygen atoms in total. The van der Waals surface area contributed by atoms with E-state index in [9.17, 15) is 4.79 Å². The van der Waals surface area contributed by atoms with E-state index in [4.69, 9.17) is 4.43 Å². The van der Waals surface area contributed by atoms with E-state index in [2.05, 4.69) is 24.4 Å². The molecule has 0 N–H and O–H groups in total. The summed E-state index contributed by atoms with van der Waals surface area (Å²) in [5.41, 5.74) is 0. The number of carbonyl (C=O) groups excluding carboxylic acids is 1. The second kappa shape index (κ2) is 4.62. The Bertz CT molecular complexity index is 151. The van der Waals surface area contributed by atoms with Crippen molar-refractivity contribution in [1.82, 2.24) is 0 Å². The normalized spacial score (nSPS) is 14.1. The molecule has 4 heteroatoms. The molecule has 0 bridgehead atoms. The van der Waals surface area contributed by atoms with Gasteiger partial charge in [0.1, 0.15) is 0 Å². The van der Waals surface area contributed by atoms with Crippen LogP contribution in [0, 0.1) is 5.92 Å². The third-order valence-corrected chi connectivity index (χ3v) is 2.40. The van der Waals surface area contributed by atoms with E-state index >= 15 is 0 Å². The van der Waals surface area contributed by atoms with Gasteiger partial charge in [-0.2, -0.15) is 0 Å². The van der Waals surface area contributed by atoms with Crippen molar-refractivity contribution in [3.63, 3.8) is 0 Å². The maximum atomic E-state index is 10.9. The molecule has 0 aromatic rings. The molecular weight excluding hydrogens is 172 g/mol. The summed E-state index contributed by atoms with van der Waals surface area (Å²) in [5, 5.41) is 0. The van der Waals surface area contributed by atoms with Crippen LogP contribution in [0.15, 0.2) is 0 Å². The Balaban J connectivity index is 3.72. The van der Waals surface area contributed by atoms with E-state index in [1.165, 1.54) is 7.11 Å². The van der Waals surface area contributed by atoms with Crippen molar-refractivity contribution < 1.29 is 14.0 Å². The lowest BCUT2D eigenvalue weighted by Gasteiger charge is -2.19. The van der Waals surface area contributed by atoms with E-state index in [1.807, 2.05) is 6.92 Å². The van der Waals surface area contributed by atoms with Crippen LogP contribution in [0.25, 0.3) is 0 Å². The molecule has 0 aromatic heterocycles. The summed E-state index contributed by atoms with van der Waals surface area (Å²) in [6.45, 7) is 8.57. The second-order valence-electron chi connectivity index (χ2n) is 3.85. The monoisotopic (exact) mass is 190 g/mol. The molecule has 0 radical (unpaired) electrons. The Hall–Kier alpha value is -0.353. The fraction of sp³-hybridized carbons (Fsp3) is 0.875. The molecular formula is C8H18O3Si. The topological polar surface area (TPSA) is 35.5 Å². The van der Waals surface area contributed by atoms with Crippen LogP contribution in [0.5, 0.6) is 0 Å². The van der Waals surface area contributed by atoms with Gasteiger partial charge in [-0.3, -0.25) is 4.79 Å². The summed E-state index contributed by atoms with van der Waals surface area (Å²) in [5.74, 6) is -0.352. The molecule has 0 saturated carbocycles. The van der Waals surface area contributed by atoms with Crippen molar-refractivity contribution in [2.24, 2.45) is 5.92 Å². The van der Waals surface area contributed by atoms with Gasteiger partial charge in [0.05, 0.1) is 13.0 Å². The van der Waals surface area contributed by atoms with Crippen LogP contribution >= 0.6 is 0 Å². The minimum Gasteiger partial charge on any atom is -0.469 e. The van der Waals surface area contributed by atoms with Gasteiger partial charge in [-0.25, -0.2) is 0 Å². The maximum absolute atomic E-state index is 10.9. The van der Waals surface area contributed by atoms with E-state index in [1.54, 1.807) is 0 Å². The molecule has 12 heavy (non-hydrogen) atoms. The number of hydrogen-bond donors (Lipinski definition) is 0. The molecule has 0 rings (SSSR count). The maximum Gasteiger partial charge on any atom is 0.310 e. The number of carbonyl (C=O) groups is 1. The average molecular weight is 190 g/mol. The third kappa shape index (κ3) is 5.32. The predicted octanol–water partition coefficient (Wildman–Crippen LogP) is 1.65. The van der Waals surface area contributed by atoms with E-state index in [0.29, 0.717) is 6.61 Å². The highest BCUT2D eigenvalue weighted by atomic mass is 28.4. The first-order chi connectivity index (χ1) is 5.37. The lowest BCUT2D eigenvalue weighted by molar-refractivity contribution is -0.145. The number of esters is 1. The largest absolute Gasteiger partial charge is 0.469 e. The third-order valence-electron chi connectivity index (χ3n) is 1.37. The van der Waals surface area contributed by atoms with Crippen molar-refractivity contribution >= 4 is 14.3 Å². The van der Waals surface area contributed by atoms with Gasteiger partial charge in [-0.1, -0.05) is 0 Å². The summed E-state index contributed by atoms with van der Waals surface area (Å²) in [4.78, 5) is 10.9. The predicted molar refractivity (Wildman–Crippen MR) is 50.5 cm³/mol. The van der Waals surface area contributed by atoms with E-state index in [-0.39, 0.29) is 11.9 Å². The van der Waals surface area contributed by atoms with Crippen molar-refractivity contribution in [3.8, 4) is 0 Å². The van der Waals surface area contributed by atoms with Crippen LogP contribution in [-0.4, -0.2) is 28.0 Å². The molecule has 0 aliphatic rings. The van der Waals surface area contributed by atoms with Crippen LogP contribution in [-0.2, 0) is 14.0 Å². The minimum atomic E-state index is -1.49. The van der Waals surface area contributed by atoms with Gasteiger partial charge in [0.25, 0.3) is 0 Å². The summed E-state index contributed by atoms with van der Waals surface area (Å²) in [6, 6.07) is 0. The zero-order valence-corrected chi connectivity index (χ0v) is 9.51. The lowest BCUT2D eigenvalue weighted by Crippen LogP contribution is -2.30. The quantitative estimate of drug-likeness (QED) is 0.499. The number of hydrogen-bond acceptors (Lipinski definition) is 3. The minimum absolute atomic E-state index is 0.151. The first-order valence-electron chi connectivity index (χ1n) is 4.08. The Morgan fingerprint density at radius 3 is 2.25 bits per heavy atom. The number of methoxy groups -OCH3 is 1. The van der Waals surface area contributed by atoms with Crippen molar-refractivity contribution in [1.29, 1.82) is 0 Å². The highest BCUT2D eigenvalue weighted by Crippen LogP contribution is 2.06. The Kier molecular flexibility index (Phi) is 4.48. The Morgan fingerprint density at radius 2 is 1.92 bits per heavy atom. The van der Waals surface area contributed by atoms with Gasteiger partial charge in [-0.15, -0.1) is 0 Å². The van der Waals surface area contributed by atoms with Crippen LogP contribution in [0.4, 0.5) is 0 Å². The molecule has 0 spiro atoms. The standard InChI is InChI=1S/C8H18O3Si/c1-7(8(9)10-2)6-11-12(3,4)5/h7H,6H2,1-5H3. The molecule has 0 amide bonds. The smallest absolute Gasteiger partial charge is 0.310 e. The highest BCUT2D eigenvalue weighted by Gasteiger charge is 2.19. The number of rotatable bonds is 4. The SMILES string of the molecule is COC(=O)C(C)CO[Si](C)(C)C. The summed E-state index contributed by atoms with van der Waals surface area (Å²) < 4.78 is 10.1. The zero-order valence-electron chi connectivity index (χ0n) is 8.51. The van der Waals surface area contributed by atoms with E-state index in [0.717, 1.165) is 0 Å². The molecule has 1 atom stereocenters. The molecule has 0 aliphatic heterocycles. The van der Waals surface area contributed by atoms with E-state index < -0.39 is 8.32 Å². The molecule has 0 fully saturated rings. The van der Waals surface area contributed by atoms with Crippen LogP contribution < -0.4 is 0 Å². The summed E-state index contributed by atoms with van der Waals surface area (Å²) >= 11 is 0. The van der Waals surface area contributed by atoms with Crippen LogP contribution in [0.1, 0.15) is 6.92 Å². The molecule has 0 aromatic carbocycles.